The average Bonchev–Trinajstić information content (AvgIpc) is 1.95. The Kier molecular flexibility index (Phi) is 1.84. The van der Waals surface area contributed by atoms with Crippen molar-refractivity contribution in [3.63, 3.8) is 0 Å². The molecule has 0 bridgehead atoms. The fourth-order valence-corrected chi connectivity index (χ4v) is 0.468. The molecule has 0 saturated heterocycles. The molecule has 0 aliphatic carbocycles. The van der Waals surface area contributed by atoms with Crippen molar-refractivity contribution in [3.8, 4) is 5.75 Å². The second kappa shape index (κ2) is 2.82. The highest BCUT2D eigenvalue weighted by molar-refractivity contribution is 5.43. The normalized spacial score (nSPS) is 8.80. The third-order valence-corrected chi connectivity index (χ3v) is 0.859. The van der Waals surface area contributed by atoms with Gasteiger partial charge in [0, 0.05) is 6.07 Å². The Morgan fingerprint density at radius 1 is 1.50 bits per heavy atom. The number of hydrogen-bond donors (Lipinski definition) is 0. The monoisotopic (exact) mass is 140 g/mol. The van der Waals surface area contributed by atoms with Crippen LogP contribution in [0.2, 0.25) is 0 Å². The standard InChI is InChI=1S/C6H4O4/c7-4-10-5-1-2-6(8)9-3-5/h1-4H. The highest BCUT2D eigenvalue weighted by atomic mass is 16.5. The predicted molar refractivity (Wildman–Crippen MR) is 31.7 cm³/mol. The summed E-state index contributed by atoms with van der Waals surface area (Å²) in [6.45, 7) is 0.259. The fraction of sp³-hybridized carbons (Fsp3) is 0. The highest BCUT2D eigenvalue weighted by Gasteiger charge is 1.90. The van der Waals surface area contributed by atoms with Crippen molar-refractivity contribution in [1.29, 1.82) is 0 Å². The van der Waals surface area contributed by atoms with Crippen LogP contribution in [0.15, 0.2) is 27.6 Å². The van der Waals surface area contributed by atoms with Crippen LogP contribution < -0.4 is 10.4 Å². The third-order valence-electron chi connectivity index (χ3n) is 0.859. The quantitative estimate of drug-likeness (QED) is 0.549. The van der Waals surface area contributed by atoms with E-state index in [2.05, 4.69) is 9.15 Å². The summed E-state index contributed by atoms with van der Waals surface area (Å²) in [4.78, 5) is 20.0. The van der Waals surface area contributed by atoms with E-state index in [1.807, 2.05) is 0 Å². The topological polar surface area (TPSA) is 56.5 Å². The van der Waals surface area contributed by atoms with Gasteiger partial charge in [-0.1, -0.05) is 0 Å². The molecule has 0 atom stereocenters. The molecule has 4 nitrogen and oxygen atoms in total. The van der Waals surface area contributed by atoms with Gasteiger partial charge in [0.25, 0.3) is 6.47 Å². The predicted octanol–water partition coefficient (Wildman–Crippen LogP) is 0.175. The summed E-state index contributed by atoms with van der Waals surface area (Å²) < 4.78 is 8.72. The van der Waals surface area contributed by atoms with Crippen LogP contribution in [0.4, 0.5) is 0 Å². The summed E-state index contributed by atoms with van der Waals surface area (Å²) in [7, 11) is 0. The molecule has 1 rings (SSSR count). The van der Waals surface area contributed by atoms with Gasteiger partial charge in [-0.2, -0.15) is 0 Å². The second-order valence-corrected chi connectivity index (χ2v) is 1.50. The van der Waals surface area contributed by atoms with E-state index >= 15 is 0 Å². The van der Waals surface area contributed by atoms with Crippen LogP contribution >= 0.6 is 0 Å². The molecule has 0 aliphatic rings. The van der Waals surface area contributed by atoms with E-state index in [-0.39, 0.29) is 12.2 Å². The Morgan fingerprint density at radius 3 is 2.80 bits per heavy atom. The number of ether oxygens (including phenoxy) is 1. The molecule has 0 aromatic carbocycles. The lowest BCUT2D eigenvalue weighted by atomic mass is 10.5. The van der Waals surface area contributed by atoms with Crippen molar-refractivity contribution in [2.24, 2.45) is 0 Å². The van der Waals surface area contributed by atoms with Crippen molar-refractivity contribution < 1.29 is 13.9 Å². The average molecular weight is 140 g/mol. The SMILES string of the molecule is O=COc1ccc(=O)oc1. The lowest BCUT2D eigenvalue weighted by Gasteiger charge is -1.91. The lowest BCUT2D eigenvalue weighted by Crippen LogP contribution is -1.95. The molecule has 4 heteroatoms. The molecule has 0 fully saturated rings. The Bertz CT molecular complexity index is 255. The first-order valence-corrected chi connectivity index (χ1v) is 2.52. The molecule has 0 spiro atoms. The zero-order chi connectivity index (χ0) is 7.40. The largest absolute Gasteiger partial charge is 0.427 e. The Morgan fingerprint density at radius 2 is 2.30 bits per heavy atom. The molecule has 0 saturated carbocycles. The number of hydrogen-bond acceptors (Lipinski definition) is 4. The summed E-state index contributed by atoms with van der Waals surface area (Å²) in [6, 6.07) is 2.51. The van der Waals surface area contributed by atoms with Crippen LogP contribution in [-0.4, -0.2) is 6.47 Å². The summed E-state index contributed by atoms with van der Waals surface area (Å²) in [5, 5.41) is 0. The maximum absolute atomic E-state index is 10.3. The summed E-state index contributed by atoms with van der Waals surface area (Å²) in [5.74, 6) is 0.217. The first-order valence-electron chi connectivity index (χ1n) is 2.52. The van der Waals surface area contributed by atoms with E-state index < -0.39 is 5.63 Å². The molecule has 10 heavy (non-hydrogen) atoms. The molecular formula is C6H4O4. The summed E-state index contributed by atoms with van der Waals surface area (Å²) in [5.41, 5.74) is -0.474. The molecule has 1 aromatic rings. The highest BCUT2D eigenvalue weighted by Crippen LogP contribution is 2.03. The molecule has 1 heterocycles. The summed E-state index contributed by atoms with van der Waals surface area (Å²) in [6.07, 6.45) is 1.07. The number of carbonyl (C=O) groups is 1. The maximum atomic E-state index is 10.3. The molecule has 0 amide bonds. The first-order chi connectivity index (χ1) is 4.83. The maximum Gasteiger partial charge on any atom is 0.335 e. The van der Waals surface area contributed by atoms with Crippen molar-refractivity contribution >= 4 is 6.47 Å². The number of rotatable bonds is 2. The van der Waals surface area contributed by atoms with Crippen LogP contribution in [-0.2, 0) is 4.79 Å². The van der Waals surface area contributed by atoms with Gasteiger partial charge < -0.3 is 9.15 Å². The van der Waals surface area contributed by atoms with Crippen molar-refractivity contribution in [3.05, 3.63) is 28.8 Å². The van der Waals surface area contributed by atoms with Crippen molar-refractivity contribution in [2.75, 3.05) is 0 Å². The van der Waals surface area contributed by atoms with Gasteiger partial charge in [0.1, 0.15) is 6.26 Å². The van der Waals surface area contributed by atoms with Crippen LogP contribution in [0.25, 0.3) is 0 Å². The van der Waals surface area contributed by atoms with Crippen molar-refractivity contribution in [2.45, 2.75) is 0 Å². The van der Waals surface area contributed by atoms with Crippen LogP contribution in [0.3, 0.4) is 0 Å². The van der Waals surface area contributed by atoms with Gasteiger partial charge in [-0.25, -0.2) is 4.79 Å². The van der Waals surface area contributed by atoms with Gasteiger partial charge >= 0.3 is 5.63 Å². The molecule has 52 valence electrons. The minimum absolute atomic E-state index is 0.217. The van der Waals surface area contributed by atoms with Crippen LogP contribution in [0, 0.1) is 0 Å². The molecule has 0 aliphatic heterocycles. The molecule has 0 N–H and O–H groups in total. The van der Waals surface area contributed by atoms with Gasteiger partial charge in [0.05, 0.1) is 0 Å². The van der Waals surface area contributed by atoms with E-state index in [0.29, 0.717) is 0 Å². The molecule has 0 unspecified atom stereocenters. The van der Waals surface area contributed by atoms with Crippen molar-refractivity contribution in [1.82, 2.24) is 0 Å². The Labute approximate surface area is 56.0 Å². The van der Waals surface area contributed by atoms with Gasteiger partial charge in [0.15, 0.2) is 5.75 Å². The zero-order valence-electron chi connectivity index (χ0n) is 4.94. The molecule has 1 aromatic heterocycles. The van der Waals surface area contributed by atoms with Gasteiger partial charge in [-0.3, -0.25) is 4.79 Å². The van der Waals surface area contributed by atoms with E-state index in [0.717, 1.165) is 6.26 Å². The summed E-state index contributed by atoms with van der Waals surface area (Å²) >= 11 is 0. The number of carbonyl (C=O) groups excluding carboxylic acids is 1. The van der Waals surface area contributed by atoms with E-state index in [1.54, 1.807) is 0 Å². The fourth-order valence-electron chi connectivity index (χ4n) is 0.468. The van der Waals surface area contributed by atoms with Gasteiger partial charge in [-0.05, 0) is 6.07 Å². The molecular weight excluding hydrogens is 136 g/mol. The lowest BCUT2D eigenvalue weighted by molar-refractivity contribution is -0.120. The third kappa shape index (κ3) is 1.45. The van der Waals surface area contributed by atoms with Gasteiger partial charge in [0.2, 0.25) is 0 Å². The van der Waals surface area contributed by atoms with Gasteiger partial charge in [-0.15, -0.1) is 0 Å². The first kappa shape index (κ1) is 6.54. The van der Waals surface area contributed by atoms with E-state index in [9.17, 15) is 9.59 Å². The van der Waals surface area contributed by atoms with Crippen LogP contribution in [0.1, 0.15) is 0 Å². The smallest absolute Gasteiger partial charge is 0.335 e. The Balaban J connectivity index is 2.89. The second-order valence-electron chi connectivity index (χ2n) is 1.50. The minimum atomic E-state index is -0.474. The van der Waals surface area contributed by atoms with E-state index in [1.165, 1.54) is 12.1 Å². The van der Waals surface area contributed by atoms with E-state index in [4.69, 9.17) is 0 Å². The van der Waals surface area contributed by atoms with Crippen LogP contribution in [0.5, 0.6) is 5.75 Å². The Hall–Kier alpha value is -1.58. The zero-order valence-corrected chi connectivity index (χ0v) is 4.94. The minimum Gasteiger partial charge on any atom is -0.427 e. The molecule has 0 radical (unpaired) electrons.